The van der Waals surface area contributed by atoms with Gasteiger partial charge in [0.15, 0.2) is 0 Å². The zero-order valence-electron chi connectivity index (χ0n) is 40.4. The van der Waals surface area contributed by atoms with E-state index in [-0.39, 0.29) is 36.8 Å². The van der Waals surface area contributed by atoms with Crippen molar-refractivity contribution in [1.82, 2.24) is 15.5 Å². The number of methoxy groups -OCH3 is 1. The summed E-state index contributed by atoms with van der Waals surface area (Å²) >= 11 is 0. The van der Waals surface area contributed by atoms with E-state index in [1.54, 1.807) is 86.6 Å². The maximum Gasteiger partial charge on any atom is 0.329 e. The number of urea groups is 1. The minimum atomic E-state index is -2.20. The fraction of sp³-hybridized carbons (Fsp3) is 0.328. The number of aliphatic hydroxyl groups excluding tert-OH is 2. The van der Waals surface area contributed by atoms with Gasteiger partial charge in [0.05, 0.1) is 43.5 Å². The van der Waals surface area contributed by atoms with Crippen molar-refractivity contribution in [3.63, 3.8) is 0 Å². The summed E-state index contributed by atoms with van der Waals surface area (Å²) in [5.41, 5.74) is 1.78. The Kier molecular flexibility index (Phi) is 14.7. The zero-order chi connectivity index (χ0) is 50.5. The third-order valence-corrected chi connectivity index (χ3v) is 14.2. The highest BCUT2D eigenvalue weighted by molar-refractivity contribution is 6.25. The number of rotatable bonds is 13. The Labute approximate surface area is 419 Å². The highest BCUT2D eigenvalue weighted by Crippen LogP contribution is 2.66. The van der Waals surface area contributed by atoms with Crippen LogP contribution in [0, 0.1) is 23.7 Å². The van der Waals surface area contributed by atoms with E-state index in [0.29, 0.717) is 27.8 Å². The summed E-state index contributed by atoms with van der Waals surface area (Å²) in [7, 11) is 1.21. The van der Waals surface area contributed by atoms with Crippen LogP contribution in [-0.2, 0) is 34.1 Å². The molecule has 5 aromatic carbocycles. The van der Waals surface area contributed by atoms with E-state index in [2.05, 4.69) is 28.6 Å². The van der Waals surface area contributed by atoms with Gasteiger partial charge in [-0.1, -0.05) is 141 Å². The van der Waals surface area contributed by atoms with Gasteiger partial charge in [-0.2, -0.15) is 0 Å². The number of anilines is 1. The Hall–Kier alpha value is -7.57. The highest BCUT2D eigenvalue weighted by atomic mass is 16.6. The van der Waals surface area contributed by atoms with Gasteiger partial charge in [0, 0.05) is 17.7 Å². The summed E-state index contributed by atoms with van der Waals surface area (Å²) < 4.78 is 18.0. The Bertz CT molecular complexity index is 2920. The van der Waals surface area contributed by atoms with Crippen LogP contribution in [0.25, 0.3) is 0 Å². The molecular weight excluding hydrogens is 913 g/mol. The predicted octanol–water partition coefficient (Wildman–Crippen LogP) is 7.33. The molecule has 0 aromatic heterocycles. The number of esters is 2. The molecule has 8 atom stereocenters. The lowest BCUT2D eigenvalue weighted by molar-refractivity contribution is -0.178. The second-order valence-electron chi connectivity index (χ2n) is 18.8. The first-order valence-corrected chi connectivity index (χ1v) is 24.5. The fourth-order valence-corrected chi connectivity index (χ4v) is 11.0. The summed E-state index contributed by atoms with van der Waals surface area (Å²) in [5.74, 6) is 1.53. The summed E-state index contributed by atoms with van der Waals surface area (Å²) in [6, 6.07) is 33.5. The molecule has 3 heterocycles. The van der Waals surface area contributed by atoms with Crippen molar-refractivity contribution in [3.8, 4) is 17.6 Å². The molecule has 1 spiro atoms. The number of imide groups is 1. The van der Waals surface area contributed by atoms with E-state index in [1.807, 2.05) is 65.6 Å². The number of allylic oxidation sites excluding steroid dienone is 2. The molecule has 14 heteroatoms. The number of cyclic esters (lactones) is 1. The van der Waals surface area contributed by atoms with Crippen molar-refractivity contribution in [2.24, 2.45) is 11.8 Å². The molecule has 4 aliphatic rings. The van der Waals surface area contributed by atoms with Crippen molar-refractivity contribution < 1.29 is 48.4 Å². The van der Waals surface area contributed by atoms with Crippen LogP contribution in [0.2, 0.25) is 0 Å². The summed E-state index contributed by atoms with van der Waals surface area (Å²) in [6.45, 7) is 2.65. The molecule has 1 aliphatic carbocycles. The van der Waals surface area contributed by atoms with Crippen LogP contribution in [0.3, 0.4) is 0 Å². The Morgan fingerprint density at radius 1 is 0.847 bits per heavy atom. The van der Waals surface area contributed by atoms with Crippen LogP contribution >= 0.6 is 0 Å². The minimum absolute atomic E-state index is 0.0947. The largest absolute Gasteiger partial charge is 0.491 e. The first kappa shape index (κ1) is 49.4. The number of nitrogens with zero attached hydrogens (tertiary/aromatic N) is 2. The van der Waals surface area contributed by atoms with E-state index in [0.717, 1.165) is 36.2 Å². The standard InChI is InChI=1S/C58H58N4O10/c1-36(2)48(54(66)70-3)60-57(69)61-44-31-30-38(29-28-37-18-8-4-9-19-37)34-43(44)58(56(61)68)47(53(65)59-35-45(64)39-20-10-5-11-21-39)50-55(67)72-51(41-24-14-7-15-25-41)49(40-22-12-6-13-23-40)62(50)52(58)42-26-16-17-27-46(42)71-33-32-63/h5-7,10-18,20-27,30-31,34,36,45,47-52,63-64H,4,8-9,19,32-33,35H2,1-3H3,(H,59,65)(H,60,69)/t45-,47-,48-,49-,50-,51+,52+,58-/m0/s1. The van der Waals surface area contributed by atoms with Crippen LogP contribution < -0.4 is 20.3 Å². The first-order valence-electron chi connectivity index (χ1n) is 24.5. The number of fused-ring (bicyclic) bond motifs is 3. The Balaban J connectivity index is 1.35. The number of amides is 4. The van der Waals surface area contributed by atoms with Crippen molar-refractivity contribution >= 4 is 35.5 Å². The second kappa shape index (κ2) is 21.4. The SMILES string of the molecule is COC(=O)[C@@H](NC(=O)N1C(=O)[C@@]2(c3cc(C#CC4=CCCCC4)ccc31)[C@H](C(=O)NC[C@H](O)c1ccccc1)[C@H]1C(=O)O[C@H](c3ccccc3)[C@H](c3ccccc3)N1[C@@H]2c1ccccc1OCCO)C(C)C. The van der Waals surface area contributed by atoms with Crippen molar-refractivity contribution in [3.05, 3.63) is 178 Å². The van der Waals surface area contributed by atoms with Gasteiger partial charge < -0.3 is 35.1 Å². The van der Waals surface area contributed by atoms with E-state index >= 15 is 19.2 Å². The number of ether oxygens (including phenoxy) is 3. The smallest absolute Gasteiger partial charge is 0.329 e. The van der Waals surface area contributed by atoms with E-state index in [1.165, 1.54) is 7.11 Å². The van der Waals surface area contributed by atoms with E-state index in [4.69, 9.17) is 14.2 Å². The topological polar surface area (TPSA) is 184 Å². The molecule has 3 aliphatic heterocycles. The quantitative estimate of drug-likeness (QED) is 0.0685. The molecule has 14 nitrogen and oxygen atoms in total. The number of para-hydroxylation sites is 1. The molecule has 0 unspecified atom stereocenters. The molecule has 2 fully saturated rings. The first-order chi connectivity index (χ1) is 35.0. The number of nitrogens with one attached hydrogen (secondary N) is 2. The third kappa shape index (κ3) is 9.15. The molecule has 9 rings (SSSR count). The number of aliphatic hydroxyl groups is 2. The molecule has 72 heavy (non-hydrogen) atoms. The number of carbonyl (C=O) groups excluding carboxylic acids is 5. The Morgan fingerprint density at radius 2 is 1.53 bits per heavy atom. The summed E-state index contributed by atoms with van der Waals surface area (Å²) in [6.07, 6.45) is 3.68. The molecule has 2 saturated heterocycles. The van der Waals surface area contributed by atoms with Crippen molar-refractivity contribution in [1.29, 1.82) is 0 Å². The zero-order valence-corrected chi connectivity index (χ0v) is 40.4. The number of hydrogen-bond donors (Lipinski definition) is 4. The number of morpholine rings is 1. The van der Waals surface area contributed by atoms with Crippen LogP contribution in [0.4, 0.5) is 10.5 Å². The van der Waals surface area contributed by atoms with Gasteiger partial charge in [-0.15, -0.1) is 0 Å². The van der Waals surface area contributed by atoms with Crippen molar-refractivity contribution in [2.75, 3.05) is 31.8 Å². The highest BCUT2D eigenvalue weighted by Gasteiger charge is 2.76. The lowest BCUT2D eigenvalue weighted by Gasteiger charge is -2.46. The molecule has 4 N–H and O–H groups in total. The monoisotopic (exact) mass is 970 g/mol. The summed E-state index contributed by atoms with van der Waals surface area (Å²) in [4.78, 5) is 79.5. The van der Waals surface area contributed by atoms with Crippen LogP contribution in [-0.4, -0.2) is 83.8 Å². The molecule has 4 amide bonds. The van der Waals surface area contributed by atoms with Gasteiger partial charge in [0.2, 0.25) is 11.8 Å². The molecular formula is C58H58N4O10. The number of carbonyl (C=O) groups is 5. The van der Waals surface area contributed by atoms with Crippen molar-refractivity contribution in [2.45, 2.75) is 81.3 Å². The fourth-order valence-electron chi connectivity index (χ4n) is 11.0. The average Bonchev–Trinajstić information content (AvgIpc) is 3.87. The van der Waals surface area contributed by atoms with Gasteiger partial charge in [-0.25, -0.2) is 14.5 Å². The molecule has 370 valence electrons. The lowest BCUT2D eigenvalue weighted by atomic mass is 9.65. The van der Waals surface area contributed by atoms with Gasteiger partial charge >= 0.3 is 18.0 Å². The number of hydrogen-bond acceptors (Lipinski definition) is 11. The van der Waals surface area contributed by atoms with Gasteiger partial charge in [0.25, 0.3) is 0 Å². The number of benzene rings is 5. The van der Waals surface area contributed by atoms with Gasteiger partial charge in [-0.05, 0) is 83.7 Å². The molecule has 0 saturated carbocycles. The van der Waals surface area contributed by atoms with Crippen LogP contribution in [0.1, 0.15) is 97.2 Å². The van der Waals surface area contributed by atoms with Crippen LogP contribution in [0.15, 0.2) is 145 Å². The lowest BCUT2D eigenvalue weighted by Crippen LogP contribution is -2.58. The predicted molar refractivity (Wildman–Crippen MR) is 268 cm³/mol. The van der Waals surface area contributed by atoms with Gasteiger partial charge in [-0.3, -0.25) is 19.3 Å². The minimum Gasteiger partial charge on any atom is -0.491 e. The van der Waals surface area contributed by atoms with E-state index in [9.17, 15) is 15.0 Å². The maximum atomic E-state index is 16.8. The van der Waals surface area contributed by atoms with Gasteiger partial charge in [0.1, 0.15) is 36.0 Å². The Morgan fingerprint density at radius 3 is 2.19 bits per heavy atom. The molecule has 0 radical (unpaired) electrons. The summed E-state index contributed by atoms with van der Waals surface area (Å²) in [5, 5.41) is 27.4. The maximum absolute atomic E-state index is 16.8. The van der Waals surface area contributed by atoms with E-state index < -0.39 is 83.4 Å². The average molecular weight is 971 g/mol. The van der Waals surface area contributed by atoms with Crippen LogP contribution in [0.5, 0.6) is 5.75 Å². The molecule has 0 bridgehead atoms. The normalized spacial score (nSPS) is 23.2. The third-order valence-electron chi connectivity index (χ3n) is 14.2. The second-order valence-corrected chi connectivity index (χ2v) is 18.8. The molecule has 5 aromatic rings.